The number of thiazole rings is 1. The number of β-amino-alcohol motifs (C(OH)–C–C–N with tert-alkyl or cyclic N) is 1. The van der Waals surface area contributed by atoms with Gasteiger partial charge in [0.15, 0.2) is 5.82 Å². The number of phenols is 1. The molecule has 6 N–H and O–H groups in total. The summed E-state index contributed by atoms with van der Waals surface area (Å²) in [5.74, 6) is -0.196. The summed E-state index contributed by atoms with van der Waals surface area (Å²) >= 11 is 1.24. The highest BCUT2D eigenvalue weighted by atomic mass is 32.1. The molecule has 6 aliphatic rings. The van der Waals surface area contributed by atoms with E-state index in [4.69, 9.17) is 15.7 Å². The number of nitrogens with two attached hydrogens (primary N) is 1. The molecule has 16 nitrogen and oxygen atoms in total. The number of nitrogen functional groups attached to an aromatic ring is 1. The predicted molar refractivity (Wildman–Crippen MR) is 265 cm³/mol. The Kier molecular flexibility index (Phi) is 13.1. The van der Waals surface area contributed by atoms with Crippen LogP contribution in [0.1, 0.15) is 94.0 Å². The Bertz CT molecular complexity index is 2850. The molecule has 3 aliphatic heterocycles. The van der Waals surface area contributed by atoms with Gasteiger partial charge in [0.05, 0.1) is 39.1 Å². The van der Waals surface area contributed by atoms with Gasteiger partial charge in [0.2, 0.25) is 23.7 Å². The van der Waals surface area contributed by atoms with E-state index < -0.39 is 53.7 Å². The van der Waals surface area contributed by atoms with E-state index in [1.165, 1.54) is 22.3 Å². The van der Waals surface area contributed by atoms with E-state index in [2.05, 4.69) is 35.6 Å². The molecule has 4 bridgehead atoms. The zero-order chi connectivity index (χ0) is 50.8. The second kappa shape index (κ2) is 19.2. The third-order valence-electron chi connectivity index (χ3n) is 15.8. The summed E-state index contributed by atoms with van der Waals surface area (Å²) in [4.78, 5) is 63.1. The number of rotatable bonds is 11. The van der Waals surface area contributed by atoms with Crippen LogP contribution in [0.3, 0.4) is 0 Å². The van der Waals surface area contributed by atoms with Gasteiger partial charge in [-0.1, -0.05) is 45.0 Å². The average molecular weight is 1010 g/mol. The summed E-state index contributed by atoms with van der Waals surface area (Å²) in [6, 6.07) is 11.0. The Morgan fingerprint density at radius 2 is 1.61 bits per heavy atom. The van der Waals surface area contributed by atoms with Crippen molar-refractivity contribution < 1.29 is 37.8 Å². The van der Waals surface area contributed by atoms with Crippen LogP contribution in [0.15, 0.2) is 66.4 Å². The van der Waals surface area contributed by atoms with Crippen molar-refractivity contribution in [2.24, 2.45) is 23.2 Å². The van der Waals surface area contributed by atoms with Crippen molar-refractivity contribution in [1.82, 2.24) is 40.7 Å². The second-order valence-corrected chi connectivity index (χ2v) is 22.2. The molecule has 3 saturated carbocycles. The van der Waals surface area contributed by atoms with Crippen LogP contribution in [-0.4, -0.2) is 108 Å². The fourth-order valence-corrected chi connectivity index (χ4v) is 12.9. The van der Waals surface area contributed by atoms with Crippen molar-refractivity contribution in [2.75, 3.05) is 35.2 Å². The molecule has 20 heteroatoms. The minimum absolute atomic E-state index is 0.0644. The largest absolute Gasteiger partial charge is 0.507 e. The molecule has 5 aromatic rings. The molecule has 72 heavy (non-hydrogen) atoms. The summed E-state index contributed by atoms with van der Waals surface area (Å²) in [5, 5.41) is 35.4. The molecule has 3 saturated heterocycles. The molecule has 3 aromatic heterocycles. The molecule has 5 unspecified atom stereocenters. The zero-order valence-electron chi connectivity index (χ0n) is 40.6. The number of carbonyl (C=O) groups is 3. The Labute approximate surface area is 419 Å². The average Bonchev–Trinajstić information content (AvgIpc) is 4.05. The number of nitrogens with one attached hydrogen (secondary N) is 2. The Morgan fingerprint density at radius 1 is 0.889 bits per heavy atom. The Morgan fingerprint density at radius 3 is 2.26 bits per heavy atom. The SMILES string of the molecule is Cc1ncsc1-c1ccc(CNC(=O)[C@@H]2C[C@@H](O)CN2C(=O)[C@@H](NC(=O)C2CC3CCC2C[C@H]3c2cnc(N3C4CCC3CN(c3cc(-c5ccccc5O)nnc3N)C4)nc2)C(C)(C)C)c(C(F)(F)F)c1. The first kappa shape index (κ1) is 49.2. The number of phenolic OH excluding ortho intramolecular Hbond substituents is 1. The van der Waals surface area contributed by atoms with Crippen molar-refractivity contribution in [3.05, 3.63) is 88.8 Å². The highest BCUT2D eigenvalue weighted by Crippen LogP contribution is 2.53. The summed E-state index contributed by atoms with van der Waals surface area (Å²) in [7, 11) is 0. The van der Waals surface area contributed by atoms with Crippen molar-refractivity contribution in [3.8, 4) is 27.4 Å². The second-order valence-electron chi connectivity index (χ2n) is 21.4. The Balaban J connectivity index is 0.769. The van der Waals surface area contributed by atoms with Crippen molar-refractivity contribution in [2.45, 2.75) is 122 Å². The number of piperazine rings is 1. The molecule has 2 aromatic carbocycles. The van der Waals surface area contributed by atoms with Gasteiger partial charge in [-0.25, -0.2) is 15.0 Å². The number of benzene rings is 2. The minimum atomic E-state index is -4.70. The van der Waals surface area contributed by atoms with E-state index in [0.29, 0.717) is 58.7 Å². The van der Waals surface area contributed by atoms with E-state index in [0.717, 1.165) is 49.4 Å². The quantitative estimate of drug-likeness (QED) is 0.0916. The van der Waals surface area contributed by atoms with Gasteiger partial charge in [0, 0.05) is 68.6 Å². The van der Waals surface area contributed by atoms with Gasteiger partial charge in [-0.05, 0) is 110 Å². The first-order valence-corrected chi connectivity index (χ1v) is 25.6. The van der Waals surface area contributed by atoms with Gasteiger partial charge in [-0.15, -0.1) is 21.5 Å². The molecule has 380 valence electrons. The number of amides is 3. The van der Waals surface area contributed by atoms with Gasteiger partial charge in [-0.2, -0.15) is 13.2 Å². The standard InChI is InChI=1S/C52H60F3N11O5S/c1-27-44(72-26-60-27)30-11-12-31(39(17-30)52(53,54)55)20-57-48(70)42-18-35(67)25-65(42)49(71)45(51(2,3)4)61-47(69)38-16-28-9-10-29(38)15-37(28)32-21-58-50(59-22-32)66-33-13-14-34(66)24-64(23-33)41-19-40(62-63-46(41)56)36-7-5-6-8-43(36)68/h5-8,11-12,17,19,21-22,26,28-29,33-35,37-38,42,45,67-68H,9-10,13-16,18,20,23-25H2,1-4H3,(H2,56,63)(H,57,70)(H,61,69)/t28?,29?,33?,34?,35-,37-,38?,42+,45-/m1/s1. The molecule has 3 aliphatic carbocycles. The molecule has 3 amide bonds. The fraction of sp³-hybridized carbons (Fsp3) is 0.500. The van der Waals surface area contributed by atoms with Crippen LogP contribution in [0.2, 0.25) is 0 Å². The van der Waals surface area contributed by atoms with Crippen molar-refractivity contribution >= 4 is 46.5 Å². The number of anilines is 3. The van der Waals surface area contributed by atoms with E-state index in [9.17, 15) is 37.8 Å². The van der Waals surface area contributed by atoms with Crippen LogP contribution in [0, 0.1) is 30.1 Å². The maximum atomic E-state index is 14.5. The molecule has 6 fully saturated rings. The van der Waals surface area contributed by atoms with Gasteiger partial charge < -0.3 is 41.3 Å². The molecule has 0 spiro atoms. The fourth-order valence-electron chi connectivity index (χ4n) is 12.1. The lowest BCUT2D eigenvalue weighted by Crippen LogP contribution is -2.59. The number of hydrogen-bond donors (Lipinski definition) is 5. The van der Waals surface area contributed by atoms with Crippen LogP contribution >= 0.6 is 11.3 Å². The number of aliphatic hydroxyl groups is 1. The molecule has 6 heterocycles. The summed E-state index contributed by atoms with van der Waals surface area (Å²) in [6.45, 7) is 8.00. The van der Waals surface area contributed by atoms with Crippen LogP contribution in [-0.2, 0) is 27.1 Å². The van der Waals surface area contributed by atoms with E-state index in [1.54, 1.807) is 36.7 Å². The topological polar surface area (TPSA) is 216 Å². The van der Waals surface area contributed by atoms with Crippen LogP contribution < -0.4 is 26.2 Å². The maximum absolute atomic E-state index is 14.5. The number of aryl methyl sites for hydroxylation is 1. The van der Waals surface area contributed by atoms with Gasteiger partial charge in [0.25, 0.3) is 0 Å². The highest BCUT2D eigenvalue weighted by molar-refractivity contribution is 7.13. The van der Waals surface area contributed by atoms with Crippen LogP contribution in [0.5, 0.6) is 5.75 Å². The number of likely N-dealkylation sites (tertiary alicyclic amines) is 1. The lowest BCUT2D eigenvalue weighted by atomic mass is 9.58. The molecular weight excluding hydrogens is 948 g/mol. The van der Waals surface area contributed by atoms with Crippen LogP contribution in [0.25, 0.3) is 21.7 Å². The lowest BCUT2D eigenvalue weighted by molar-refractivity contribution is -0.145. The van der Waals surface area contributed by atoms with Gasteiger partial charge in [0.1, 0.15) is 17.8 Å². The van der Waals surface area contributed by atoms with E-state index in [1.807, 2.05) is 45.3 Å². The number of aromatic nitrogens is 5. The number of alkyl halides is 3. The number of carbonyl (C=O) groups excluding carboxylic acids is 3. The summed E-state index contributed by atoms with van der Waals surface area (Å²) in [5.41, 5.74) is 10.1. The van der Waals surface area contributed by atoms with E-state index >= 15 is 0 Å². The number of para-hydroxylation sites is 1. The first-order chi connectivity index (χ1) is 34.3. The summed E-state index contributed by atoms with van der Waals surface area (Å²) < 4.78 is 43.0. The maximum Gasteiger partial charge on any atom is 0.416 e. The van der Waals surface area contributed by atoms with Gasteiger partial charge >= 0.3 is 6.18 Å². The predicted octanol–water partition coefficient (Wildman–Crippen LogP) is 6.86. The first-order valence-electron chi connectivity index (χ1n) is 24.8. The zero-order valence-corrected chi connectivity index (χ0v) is 41.5. The van der Waals surface area contributed by atoms with Crippen LogP contribution in [0.4, 0.5) is 30.6 Å². The third kappa shape index (κ3) is 9.54. The third-order valence-corrected chi connectivity index (χ3v) is 16.7. The minimum Gasteiger partial charge on any atom is -0.507 e. The van der Waals surface area contributed by atoms with E-state index in [-0.39, 0.29) is 65.9 Å². The number of halogens is 3. The molecule has 11 rings (SSSR count). The van der Waals surface area contributed by atoms with Crippen molar-refractivity contribution in [1.29, 1.82) is 0 Å². The van der Waals surface area contributed by atoms with Crippen molar-refractivity contribution in [3.63, 3.8) is 0 Å². The normalized spacial score (nSPS) is 25.4. The van der Waals surface area contributed by atoms with Gasteiger partial charge in [-0.3, -0.25) is 14.4 Å². The highest BCUT2D eigenvalue weighted by Gasteiger charge is 2.49. The Hall–Kier alpha value is -6.41. The monoisotopic (exact) mass is 1010 g/mol. The number of aliphatic hydroxyl groups excluding tert-OH is 1. The molecule has 0 radical (unpaired) electrons. The number of nitrogens with zero attached hydrogens (tertiary/aromatic N) is 8. The number of fused-ring (bicyclic) bond motifs is 5. The molecular formula is C52H60F3N11O5S. The molecule has 9 atom stereocenters. The number of aromatic hydroxyl groups is 1. The number of hydrogen-bond acceptors (Lipinski definition) is 14. The smallest absolute Gasteiger partial charge is 0.416 e. The summed E-state index contributed by atoms with van der Waals surface area (Å²) in [6.07, 6.45) is 3.24. The lowest BCUT2D eigenvalue weighted by Gasteiger charge is -2.47.